The zero-order valence-electron chi connectivity index (χ0n) is 19.8. The Bertz CT molecular complexity index is 1240. The number of fused-ring (bicyclic) bond motifs is 1. The number of benzene rings is 2. The van der Waals surface area contributed by atoms with E-state index in [-0.39, 0.29) is 17.3 Å². The van der Waals surface area contributed by atoms with Crippen molar-refractivity contribution < 1.29 is 14.7 Å². The predicted molar refractivity (Wildman–Crippen MR) is 135 cm³/mol. The monoisotopic (exact) mass is 457 g/mol. The summed E-state index contributed by atoms with van der Waals surface area (Å²) >= 11 is 0. The fourth-order valence-electron chi connectivity index (χ4n) is 5.21. The molecule has 2 heterocycles. The Kier molecular flexibility index (Phi) is 6.09. The predicted octanol–water partition coefficient (Wildman–Crippen LogP) is 4.97. The zero-order valence-corrected chi connectivity index (χ0v) is 19.8. The zero-order chi connectivity index (χ0) is 23.8. The van der Waals surface area contributed by atoms with E-state index in [2.05, 4.69) is 28.9 Å². The van der Waals surface area contributed by atoms with Crippen LogP contribution in [0.1, 0.15) is 46.4 Å². The van der Waals surface area contributed by atoms with Gasteiger partial charge in [-0.15, -0.1) is 0 Å². The van der Waals surface area contributed by atoms with E-state index in [4.69, 9.17) is 0 Å². The number of carbonyl (C=O) groups excluding carboxylic acids is 1. The van der Waals surface area contributed by atoms with Crippen LogP contribution in [-0.4, -0.2) is 60.5 Å². The van der Waals surface area contributed by atoms with E-state index >= 15 is 0 Å². The van der Waals surface area contributed by atoms with Crippen LogP contribution in [0.15, 0.2) is 48.7 Å². The fraction of sp³-hybridized carbons (Fsp3) is 0.393. The van der Waals surface area contributed by atoms with Gasteiger partial charge in [-0.2, -0.15) is 0 Å². The third-order valence-electron chi connectivity index (χ3n) is 7.08. The van der Waals surface area contributed by atoms with Gasteiger partial charge in [-0.3, -0.25) is 9.78 Å². The smallest absolute Gasteiger partial charge is 0.336 e. The first-order valence-corrected chi connectivity index (χ1v) is 12.1. The Labute approximate surface area is 200 Å². The Morgan fingerprint density at radius 2 is 1.76 bits per heavy atom. The number of carboxylic acid groups (broad SMARTS) is 1. The average molecular weight is 458 g/mol. The molecule has 0 amide bonds. The number of rotatable bonds is 7. The van der Waals surface area contributed by atoms with E-state index < -0.39 is 5.97 Å². The number of pyridine rings is 1. The van der Waals surface area contributed by atoms with Gasteiger partial charge in [0.1, 0.15) is 0 Å². The summed E-state index contributed by atoms with van der Waals surface area (Å²) in [4.78, 5) is 34.4. The number of nitrogens with zero attached hydrogens (tertiary/aromatic N) is 3. The molecule has 0 bridgehead atoms. The molecular weight excluding hydrogens is 426 g/mol. The highest BCUT2D eigenvalue weighted by atomic mass is 16.4. The lowest BCUT2D eigenvalue weighted by Crippen LogP contribution is -2.38. The van der Waals surface area contributed by atoms with E-state index in [1.54, 1.807) is 18.3 Å². The van der Waals surface area contributed by atoms with Crippen LogP contribution in [0.5, 0.6) is 0 Å². The second-order valence-corrected chi connectivity index (χ2v) is 9.93. The van der Waals surface area contributed by atoms with Gasteiger partial charge in [-0.05, 0) is 75.0 Å². The van der Waals surface area contributed by atoms with E-state index in [9.17, 15) is 14.7 Å². The van der Waals surface area contributed by atoms with Crippen molar-refractivity contribution in [2.24, 2.45) is 11.8 Å². The molecule has 176 valence electrons. The third-order valence-corrected chi connectivity index (χ3v) is 7.08. The Balaban J connectivity index is 1.61. The molecule has 34 heavy (non-hydrogen) atoms. The van der Waals surface area contributed by atoms with Crippen LogP contribution in [0.4, 0.5) is 5.69 Å². The maximum atomic E-state index is 13.3. The molecule has 6 nitrogen and oxygen atoms in total. The first-order valence-electron chi connectivity index (χ1n) is 12.1. The molecule has 0 radical (unpaired) electrons. The number of aromatic carboxylic acids is 1. The summed E-state index contributed by atoms with van der Waals surface area (Å²) in [6, 6.07) is 12.9. The van der Waals surface area contributed by atoms with Crippen LogP contribution in [0, 0.1) is 11.8 Å². The summed E-state index contributed by atoms with van der Waals surface area (Å²) in [6.07, 6.45) is 5.83. The van der Waals surface area contributed by atoms with Gasteiger partial charge in [0.05, 0.1) is 22.3 Å². The molecule has 6 heteroatoms. The average Bonchev–Trinajstić information content (AvgIpc) is 3.68. The molecule has 2 aromatic carbocycles. The van der Waals surface area contributed by atoms with E-state index in [1.165, 1.54) is 0 Å². The van der Waals surface area contributed by atoms with Crippen LogP contribution in [-0.2, 0) is 0 Å². The van der Waals surface area contributed by atoms with Crippen molar-refractivity contribution in [3.05, 3.63) is 59.8 Å². The van der Waals surface area contributed by atoms with Crippen LogP contribution < -0.4 is 4.90 Å². The van der Waals surface area contributed by atoms with Crippen LogP contribution in [0.2, 0.25) is 0 Å². The summed E-state index contributed by atoms with van der Waals surface area (Å²) in [6.45, 7) is 2.88. The van der Waals surface area contributed by atoms with E-state index in [0.29, 0.717) is 17.0 Å². The third kappa shape index (κ3) is 4.42. The van der Waals surface area contributed by atoms with Crippen LogP contribution in [0.3, 0.4) is 0 Å². The summed E-state index contributed by atoms with van der Waals surface area (Å²) in [5, 5.41) is 10.6. The van der Waals surface area contributed by atoms with Crippen molar-refractivity contribution in [1.29, 1.82) is 0 Å². The number of aromatic nitrogens is 1. The van der Waals surface area contributed by atoms with E-state index in [1.807, 2.05) is 30.3 Å². The van der Waals surface area contributed by atoms with Gasteiger partial charge >= 0.3 is 5.97 Å². The van der Waals surface area contributed by atoms with Gasteiger partial charge in [0.25, 0.3) is 0 Å². The van der Waals surface area contributed by atoms with Crippen molar-refractivity contribution >= 4 is 28.3 Å². The highest BCUT2D eigenvalue weighted by Gasteiger charge is 2.34. The lowest BCUT2D eigenvalue weighted by molar-refractivity contribution is 0.0697. The van der Waals surface area contributed by atoms with E-state index in [0.717, 1.165) is 67.5 Å². The molecule has 0 unspecified atom stereocenters. The number of carboxylic acids is 1. The maximum Gasteiger partial charge on any atom is 0.336 e. The van der Waals surface area contributed by atoms with Gasteiger partial charge in [0.2, 0.25) is 0 Å². The summed E-state index contributed by atoms with van der Waals surface area (Å²) in [5.41, 5.74) is 4.28. The second kappa shape index (κ2) is 9.18. The standard InChI is InChI=1S/C28H31N3O3/c1-30(2)17-18-11-13-31(14-12-18)26-23-15-20(21-5-3-4-6-22(21)28(33)34)9-10-25(23)29-16-24(26)27(32)19-7-8-19/h3-6,9-10,15-16,18-19H,7-8,11-14,17H2,1-2H3,(H,33,34). The lowest BCUT2D eigenvalue weighted by atomic mass is 9.93. The molecule has 2 aliphatic rings. The molecule has 1 saturated heterocycles. The molecule has 0 atom stereocenters. The first-order chi connectivity index (χ1) is 16.4. The van der Waals surface area contributed by atoms with Gasteiger partial charge in [0.15, 0.2) is 5.78 Å². The Hall–Kier alpha value is -3.25. The molecular formula is C28H31N3O3. The van der Waals surface area contributed by atoms with Gasteiger partial charge in [-0.1, -0.05) is 24.3 Å². The molecule has 5 rings (SSSR count). The molecule has 1 aromatic heterocycles. The molecule has 0 spiro atoms. The molecule has 1 aliphatic carbocycles. The largest absolute Gasteiger partial charge is 0.478 e. The van der Waals surface area contributed by atoms with Crippen molar-refractivity contribution in [3.8, 4) is 11.1 Å². The maximum absolute atomic E-state index is 13.3. The highest BCUT2D eigenvalue weighted by molar-refractivity contribution is 6.10. The number of piperidine rings is 1. The molecule has 1 aliphatic heterocycles. The number of anilines is 1. The normalized spacial score (nSPS) is 16.9. The molecule has 1 saturated carbocycles. The van der Waals surface area contributed by atoms with Gasteiger partial charge in [-0.25, -0.2) is 4.79 Å². The van der Waals surface area contributed by atoms with Crippen molar-refractivity contribution in [2.75, 3.05) is 38.6 Å². The summed E-state index contributed by atoms with van der Waals surface area (Å²) in [5.74, 6) is 0.00552. The Morgan fingerprint density at radius 3 is 2.44 bits per heavy atom. The molecule has 1 N–H and O–H groups in total. The number of ketones is 1. The minimum atomic E-state index is -0.949. The first kappa shape index (κ1) is 22.5. The number of Topliss-reactive ketones (excluding diaryl/α,β-unsaturated/α-hetero) is 1. The topological polar surface area (TPSA) is 73.7 Å². The summed E-state index contributed by atoms with van der Waals surface area (Å²) in [7, 11) is 4.23. The quantitative estimate of drug-likeness (QED) is 0.505. The molecule has 2 fully saturated rings. The van der Waals surface area contributed by atoms with Gasteiger partial charge < -0.3 is 14.9 Å². The number of hydrogen-bond donors (Lipinski definition) is 1. The van der Waals surface area contributed by atoms with Gasteiger partial charge in [0, 0.05) is 37.1 Å². The number of hydrogen-bond acceptors (Lipinski definition) is 5. The van der Waals surface area contributed by atoms with Crippen LogP contribution >= 0.6 is 0 Å². The summed E-state index contributed by atoms with van der Waals surface area (Å²) < 4.78 is 0. The minimum Gasteiger partial charge on any atom is -0.478 e. The SMILES string of the molecule is CN(C)CC1CCN(c2c(C(=O)C3CC3)cnc3ccc(-c4ccccc4C(=O)O)cc23)CC1. The van der Waals surface area contributed by atoms with Crippen LogP contribution in [0.25, 0.3) is 22.0 Å². The lowest BCUT2D eigenvalue weighted by Gasteiger charge is -2.36. The molecule has 3 aromatic rings. The van der Waals surface area contributed by atoms with Crippen molar-refractivity contribution in [1.82, 2.24) is 9.88 Å². The van der Waals surface area contributed by atoms with Crippen molar-refractivity contribution in [3.63, 3.8) is 0 Å². The highest BCUT2D eigenvalue weighted by Crippen LogP contribution is 2.40. The fourth-order valence-corrected chi connectivity index (χ4v) is 5.21. The minimum absolute atomic E-state index is 0.111. The van der Waals surface area contributed by atoms with Crippen molar-refractivity contribution in [2.45, 2.75) is 25.7 Å². The Morgan fingerprint density at radius 1 is 1.03 bits per heavy atom. The second-order valence-electron chi connectivity index (χ2n) is 9.93. The number of carbonyl (C=O) groups is 2.